The van der Waals surface area contributed by atoms with Crippen LogP contribution in [0.15, 0.2) is 48.5 Å². The minimum atomic E-state index is -0.233. The van der Waals surface area contributed by atoms with Crippen molar-refractivity contribution in [1.82, 2.24) is 0 Å². The van der Waals surface area contributed by atoms with Crippen LogP contribution in [0, 0.1) is 3.57 Å². The van der Waals surface area contributed by atoms with Crippen LogP contribution in [0.5, 0.6) is 0 Å². The Balaban J connectivity index is 2.03. The van der Waals surface area contributed by atoms with Gasteiger partial charge in [-0.25, -0.2) is 0 Å². The Morgan fingerprint density at radius 2 is 1.80 bits per heavy atom. The molecule has 2 nitrogen and oxygen atoms in total. The lowest BCUT2D eigenvalue weighted by Gasteiger charge is -2.05. The van der Waals surface area contributed by atoms with E-state index in [-0.39, 0.29) is 5.91 Å². The van der Waals surface area contributed by atoms with Gasteiger partial charge in [0.2, 0.25) is 5.91 Å². The standard InChI is InChI=1S/C15H10Cl2INO/c16-11-4-1-10(2-5-11)3-8-15(20)19-14-7-6-12(18)9-13(14)17/h1-9H,(H,19,20). The predicted octanol–water partition coefficient (Wildman–Crippen LogP) is 5.25. The molecule has 0 bridgehead atoms. The van der Waals surface area contributed by atoms with Crippen LogP contribution in [-0.2, 0) is 4.79 Å². The summed E-state index contributed by atoms with van der Waals surface area (Å²) in [6, 6.07) is 12.7. The first kappa shape index (κ1) is 15.4. The summed E-state index contributed by atoms with van der Waals surface area (Å²) < 4.78 is 1.02. The van der Waals surface area contributed by atoms with Crippen LogP contribution in [0.4, 0.5) is 5.69 Å². The number of hydrogen-bond acceptors (Lipinski definition) is 1. The summed E-state index contributed by atoms with van der Waals surface area (Å²) in [6.07, 6.45) is 3.17. The Hall–Kier alpha value is -1.04. The number of carbonyl (C=O) groups is 1. The molecule has 2 rings (SSSR count). The number of amides is 1. The van der Waals surface area contributed by atoms with Crippen LogP contribution in [-0.4, -0.2) is 5.91 Å². The second-order valence-corrected chi connectivity index (χ2v) is 6.09. The summed E-state index contributed by atoms with van der Waals surface area (Å²) in [7, 11) is 0. The third-order valence-corrected chi connectivity index (χ3v) is 3.72. The third-order valence-electron chi connectivity index (χ3n) is 2.49. The van der Waals surface area contributed by atoms with Gasteiger partial charge < -0.3 is 5.32 Å². The second-order valence-electron chi connectivity index (χ2n) is 4.00. The van der Waals surface area contributed by atoms with Crippen molar-refractivity contribution in [3.63, 3.8) is 0 Å². The van der Waals surface area contributed by atoms with E-state index in [1.54, 1.807) is 30.3 Å². The molecule has 0 fully saturated rings. The molecule has 0 heterocycles. The molecular formula is C15H10Cl2INO. The maximum Gasteiger partial charge on any atom is 0.248 e. The number of nitrogens with one attached hydrogen (secondary N) is 1. The number of carbonyl (C=O) groups excluding carboxylic acids is 1. The second kappa shape index (κ2) is 7.11. The van der Waals surface area contributed by atoms with Crippen molar-refractivity contribution in [3.8, 4) is 0 Å². The quantitative estimate of drug-likeness (QED) is 0.536. The molecule has 0 saturated carbocycles. The largest absolute Gasteiger partial charge is 0.321 e. The molecule has 0 saturated heterocycles. The minimum Gasteiger partial charge on any atom is -0.321 e. The maximum atomic E-state index is 11.8. The van der Waals surface area contributed by atoms with Gasteiger partial charge in [-0.2, -0.15) is 0 Å². The van der Waals surface area contributed by atoms with Crippen molar-refractivity contribution in [2.45, 2.75) is 0 Å². The molecule has 2 aromatic rings. The van der Waals surface area contributed by atoms with E-state index < -0.39 is 0 Å². The van der Waals surface area contributed by atoms with Gasteiger partial charge in [-0.1, -0.05) is 35.3 Å². The lowest BCUT2D eigenvalue weighted by Crippen LogP contribution is -2.08. The zero-order valence-corrected chi connectivity index (χ0v) is 13.9. The highest BCUT2D eigenvalue weighted by molar-refractivity contribution is 14.1. The average molecular weight is 418 g/mol. The van der Waals surface area contributed by atoms with Gasteiger partial charge in [0.1, 0.15) is 0 Å². The zero-order valence-electron chi connectivity index (χ0n) is 10.2. The van der Waals surface area contributed by atoms with Gasteiger partial charge in [-0.3, -0.25) is 4.79 Å². The molecule has 0 radical (unpaired) electrons. The van der Waals surface area contributed by atoms with Crippen molar-refractivity contribution in [3.05, 3.63) is 67.7 Å². The molecule has 0 aliphatic heterocycles. The summed E-state index contributed by atoms with van der Waals surface area (Å²) in [5, 5.41) is 3.91. The number of halogens is 3. The third kappa shape index (κ3) is 4.51. The van der Waals surface area contributed by atoms with Gasteiger partial charge in [-0.05, 0) is 64.6 Å². The monoisotopic (exact) mass is 417 g/mol. The van der Waals surface area contributed by atoms with Crippen molar-refractivity contribution < 1.29 is 4.79 Å². The molecule has 2 aromatic carbocycles. The molecule has 20 heavy (non-hydrogen) atoms. The molecule has 0 spiro atoms. The highest BCUT2D eigenvalue weighted by atomic mass is 127. The molecule has 0 unspecified atom stereocenters. The van der Waals surface area contributed by atoms with E-state index in [1.807, 2.05) is 18.2 Å². The first-order valence-electron chi connectivity index (χ1n) is 5.74. The van der Waals surface area contributed by atoms with E-state index in [1.165, 1.54) is 6.08 Å². The minimum absolute atomic E-state index is 0.233. The Labute approximate surface area is 140 Å². The van der Waals surface area contributed by atoms with Crippen LogP contribution in [0.1, 0.15) is 5.56 Å². The van der Waals surface area contributed by atoms with Crippen LogP contribution >= 0.6 is 45.8 Å². The van der Waals surface area contributed by atoms with Crippen molar-refractivity contribution >= 4 is 63.5 Å². The molecule has 0 aliphatic carbocycles. The van der Waals surface area contributed by atoms with Gasteiger partial charge in [0.25, 0.3) is 0 Å². The van der Waals surface area contributed by atoms with E-state index in [0.717, 1.165) is 9.13 Å². The van der Waals surface area contributed by atoms with E-state index in [9.17, 15) is 4.79 Å². The Bertz CT molecular complexity index is 653. The number of anilines is 1. The normalized spacial score (nSPS) is 10.8. The van der Waals surface area contributed by atoms with E-state index >= 15 is 0 Å². The SMILES string of the molecule is O=C(C=Cc1ccc(Cl)cc1)Nc1ccc(I)cc1Cl. The number of benzene rings is 2. The zero-order chi connectivity index (χ0) is 14.5. The number of rotatable bonds is 3. The average Bonchev–Trinajstić information content (AvgIpc) is 2.41. The molecule has 1 N–H and O–H groups in total. The van der Waals surface area contributed by atoms with Crippen molar-refractivity contribution in [2.75, 3.05) is 5.32 Å². The van der Waals surface area contributed by atoms with Crippen LogP contribution in [0.25, 0.3) is 6.08 Å². The first-order valence-corrected chi connectivity index (χ1v) is 7.58. The molecule has 1 amide bonds. The fourth-order valence-corrected chi connectivity index (χ4v) is 2.54. The fourth-order valence-electron chi connectivity index (χ4n) is 1.51. The van der Waals surface area contributed by atoms with E-state index in [0.29, 0.717) is 15.7 Å². The Morgan fingerprint density at radius 1 is 1.10 bits per heavy atom. The van der Waals surface area contributed by atoms with Gasteiger partial charge in [-0.15, -0.1) is 0 Å². The van der Waals surface area contributed by atoms with Crippen LogP contribution < -0.4 is 5.32 Å². The summed E-state index contributed by atoms with van der Waals surface area (Å²) in [5.41, 5.74) is 1.50. The fraction of sp³-hybridized carbons (Fsp3) is 0. The van der Waals surface area contributed by atoms with Crippen molar-refractivity contribution in [1.29, 1.82) is 0 Å². The highest BCUT2D eigenvalue weighted by Gasteiger charge is 2.03. The van der Waals surface area contributed by atoms with E-state index in [4.69, 9.17) is 23.2 Å². The lowest BCUT2D eigenvalue weighted by molar-refractivity contribution is -0.111. The highest BCUT2D eigenvalue weighted by Crippen LogP contribution is 2.23. The van der Waals surface area contributed by atoms with Gasteiger partial charge in [0.05, 0.1) is 10.7 Å². The van der Waals surface area contributed by atoms with Gasteiger partial charge in [0, 0.05) is 14.7 Å². The van der Waals surface area contributed by atoms with Crippen molar-refractivity contribution in [2.24, 2.45) is 0 Å². The summed E-state index contributed by atoms with van der Waals surface area (Å²) >= 11 is 14.0. The molecule has 5 heteroatoms. The van der Waals surface area contributed by atoms with Crippen LogP contribution in [0.2, 0.25) is 10.0 Å². The Kier molecular flexibility index (Phi) is 5.46. The number of hydrogen-bond donors (Lipinski definition) is 1. The predicted molar refractivity (Wildman–Crippen MR) is 93.3 cm³/mol. The van der Waals surface area contributed by atoms with Gasteiger partial charge in [0.15, 0.2) is 0 Å². The van der Waals surface area contributed by atoms with E-state index in [2.05, 4.69) is 27.9 Å². The first-order chi connectivity index (χ1) is 9.54. The molecule has 0 atom stereocenters. The van der Waals surface area contributed by atoms with Gasteiger partial charge >= 0.3 is 0 Å². The topological polar surface area (TPSA) is 29.1 Å². The molecule has 102 valence electrons. The summed E-state index contributed by atoms with van der Waals surface area (Å²) in [4.78, 5) is 11.8. The maximum absolute atomic E-state index is 11.8. The summed E-state index contributed by atoms with van der Waals surface area (Å²) in [6.45, 7) is 0. The van der Waals surface area contributed by atoms with Crippen LogP contribution in [0.3, 0.4) is 0 Å². The molecule has 0 aromatic heterocycles. The smallest absolute Gasteiger partial charge is 0.248 e. The lowest BCUT2D eigenvalue weighted by atomic mass is 10.2. The summed E-state index contributed by atoms with van der Waals surface area (Å²) in [5.74, 6) is -0.233. The molecular weight excluding hydrogens is 408 g/mol. The Morgan fingerprint density at radius 3 is 2.45 bits per heavy atom. The molecule has 0 aliphatic rings.